The molecule has 1 amide bonds. The molecule has 1 aromatic carbocycles. The lowest BCUT2D eigenvalue weighted by Crippen LogP contribution is -2.51. The van der Waals surface area contributed by atoms with Gasteiger partial charge >= 0.3 is 0 Å². The van der Waals surface area contributed by atoms with Gasteiger partial charge in [0.05, 0.1) is 5.02 Å². The van der Waals surface area contributed by atoms with Crippen LogP contribution in [-0.2, 0) is 4.79 Å². The van der Waals surface area contributed by atoms with E-state index < -0.39 is 5.41 Å². The number of amidine groups is 1. The Morgan fingerprint density at radius 1 is 1.53 bits per heavy atom. The number of benzene rings is 1. The summed E-state index contributed by atoms with van der Waals surface area (Å²) in [6.07, 6.45) is 2.06. The molecule has 102 valence electrons. The van der Waals surface area contributed by atoms with E-state index in [-0.39, 0.29) is 11.7 Å². The van der Waals surface area contributed by atoms with Gasteiger partial charge in [0.25, 0.3) is 0 Å². The third kappa shape index (κ3) is 2.55. The van der Waals surface area contributed by atoms with Crippen LogP contribution in [0.25, 0.3) is 0 Å². The van der Waals surface area contributed by atoms with Crippen molar-refractivity contribution < 1.29 is 10.0 Å². The van der Waals surface area contributed by atoms with E-state index in [1.807, 2.05) is 0 Å². The number of hydrogen-bond acceptors (Lipinski definition) is 3. The number of nitrogens with two attached hydrogens (primary N) is 1. The molecule has 4 N–H and O–H groups in total. The molecule has 5 nitrogen and oxygen atoms in total. The van der Waals surface area contributed by atoms with Crippen molar-refractivity contribution in [3.05, 3.63) is 27.7 Å². The van der Waals surface area contributed by atoms with E-state index >= 15 is 0 Å². The second-order valence-corrected chi connectivity index (χ2v) is 5.77. The van der Waals surface area contributed by atoms with E-state index in [9.17, 15) is 4.79 Å². The van der Waals surface area contributed by atoms with Gasteiger partial charge in [-0.05, 0) is 47.0 Å². The summed E-state index contributed by atoms with van der Waals surface area (Å²) in [4.78, 5) is 12.3. The lowest BCUT2D eigenvalue weighted by Gasteiger charge is -2.38. The van der Waals surface area contributed by atoms with Gasteiger partial charge in [-0.3, -0.25) is 4.79 Å². The first-order chi connectivity index (χ1) is 8.99. The third-order valence-corrected chi connectivity index (χ3v) is 4.63. The van der Waals surface area contributed by atoms with Crippen LogP contribution < -0.4 is 11.1 Å². The Kier molecular flexibility index (Phi) is 4.01. The largest absolute Gasteiger partial charge is 0.409 e. The Balaban J connectivity index is 2.18. The zero-order valence-corrected chi connectivity index (χ0v) is 12.3. The summed E-state index contributed by atoms with van der Waals surface area (Å²) in [7, 11) is 0. The van der Waals surface area contributed by atoms with E-state index in [1.54, 1.807) is 18.2 Å². The van der Waals surface area contributed by atoms with Gasteiger partial charge in [-0.2, -0.15) is 0 Å². The molecular formula is C12H13BrClN3O2. The fourth-order valence-electron chi connectivity index (χ4n) is 2.05. The Hall–Kier alpha value is -1.27. The van der Waals surface area contributed by atoms with Crippen LogP contribution in [0.15, 0.2) is 27.8 Å². The SMILES string of the molecule is N/C(=N/O)C1(C(=O)Nc2ccc(Cl)c(Br)c2)CCC1. The fourth-order valence-corrected chi connectivity index (χ4v) is 2.55. The van der Waals surface area contributed by atoms with Crippen molar-refractivity contribution in [2.24, 2.45) is 16.3 Å². The van der Waals surface area contributed by atoms with Crippen molar-refractivity contribution in [3.63, 3.8) is 0 Å². The minimum absolute atomic E-state index is 0.0377. The maximum atomic E-state index is 12.3. The van der Waals surface area contributed by atoms with Gasteiger partial charge < -0.3 is 16.3 Å². The Bertz CT molecular complexity index is 544. The summed E-state index contributed by atoms with van der Waals surface area (Å²) in [6, 6.07) is 5.08. The van der Waals surface area contributed by atoms with Crippen molar-refractivity contribution in [2.45, 2.75) is 19.3 Å². The van der Waals surface area contributed by atoms with Crippen molar-refractivity contribution in [1.82, 2.24) is 0 Å². The fraction of sp³-hybridized carbons (Fsp3) is 0.333. The van der Waals surface area contributed by atoms with Crippen molar-refractivity contribution in [3.8, 4) is 0 Å². The Morgan fingerprint density at radius 3 is 2.68 bits per heavy atom. The first-order valence-electron chi connectivity index (χ1n) is 5.74. The molecule has 0 aromatic heterocycles. The van der Waals surface area contributed by atoms with Crippen LogP contribution in [0, 0.1) is 5.41 Å². The molecule has 1 aliphatic rings. The van der Waals surface area contributed by atoms with Gasteiger partial charge in [-0.1, -0.05) is 23.2 Å². The summed E-state index contributed by atoms with van der Waals surface area (Å²) in [6.45, 7) is 0. The van der Waals surface area contributed by atoms with Crippen LogP contribution in [0.5, 0.6) is 0 Å². The molecular weight excluding hydrogens is 334 g/mol. The molecule has 1 aromatic rings. The standard InChI is InChI=1S/C12H13BrClN3O2/c13-8-6-7(2-3-9(8)14)16-11(18)12(4-1-5-12)10(15)17-19/h2-3,6,19H,1,4-5H2,(H2,15,17)(H,16,18). The zero-order chi connectivity index (χ0) is 14.0. The summed E-state index contributed by atoms with van der Waals surface area (Å²) in [5.41, 5.74) is 5.35. The van der Waals surface area contributed by atoms with E-state index in [0.29, 0.717) is 28.0 Å². The highest BCUT2D eigenvalue weighted by Crippen LogP contribution is 2.42. The molecule has 1 aliphatic carbocycles. The van der Waals surface area contributed by atoms with Gasteiger partial charge in [0, 0.05) is 10.2 Å². The number of hydrogen-bond donors (Lipinski definition) is 3. The van der Waals surface area contributed by atoms with Crippen LogP contribution >= 0.6 is 27.5 Å². The molecule has 7 heteroatoms. The van der Waals surface area contributed by atoms with Crippen LogP contribution in [0.3, 0.4) is 0 Å². The highest BCUT2D eigenvalue weighted by molar-refractivity contribution is 9.10. The molecule has 0 radical (unpaired) electrons. The number of carbonyl (C=O) groups excluding carboxylic acids is 1. The molecule has 0 heterocycles. The topological polar surface area (TPSA) is 87.7 Å². The number of anilines is 1. The number of nitrogens with zero attached hydrogens (tertiary/aromatic N) is 1. The van der Waals surface area contributed by atoms with E-state index in [2.05, 4.69) is 26.4 Å². The number of rotatable bonds is 3. The van der Waals surface area contributed by atoms with E-state index in [4.69, 9.17) is 22.5 Å². The molecule has 1 saturated carbocycles. The lowest BCUT2D eigenvalue weighted by molar-refractivity contribution is -0.125. The van der Waals surface area contributed by atoms with Crippen LogP contribution in [-0.4, -0.2) is 17.0 Å². The van der Waals surface area contributed by atoms with Gasteiger partial charge in [-0.25, -0.2) is 0 Å². The summed E-state index contributed by atoms with van der Waals surface area (Å²) in [5.74, 6) is -0.299. The predicted octanol–water partition coefficient (Wildman–Crippen LogP) is 2.96. The maximum Gasteiger partial charge on any atom is 0.238 e. The van der Waals surface area contributed by atoms with E-state index in [1.165, 1.54) is 0 Å². The van der Waals surface area contributed by atoms with Gasteiger partial charge in [0.1, 0.15) is 5.41 Å². The molecule has 2 rings (SSSR count). The molecule has 0 atom stereocenters. The van der Waals surface area contributed by atoms with Crippen molar-refractivity contribution in [2.75, 3.05) is 5.32 Å². The quantitative estimate of drug-likeness (QED) is 0.340. The number of halogens is 2. The van der Waals surface area contributed by atoms with Crippen molar-refractivity contribution >= 4 is 45.0 Å². The minimum Gasteiger partial charge on any atom is -0.409 e. The molecule has 0 unspecified atom stereocenters. The zero-order valence-electron chi connectivity index (χ0n) is 9.99. The molecule has 19 heavy (non-hydrogen) atoms. The van der Waals surface area contributed by atoms with Crippen molar-refractivity contribution in [1.29, 1.82) is 0 Å². The van der Waals surface area contributed by atoms with Crippen LogP contribution in [0.1, 0.15) is 19.3 Å². The van der Waals surface area contributed by atoms with Crippen LogP contribution in [0.4, 0.5) is 5.69 Å². The minimum atomic E-state index is -0.888. The van der Waals surface area contributed by atoms with E-state index in [0.717, 1.165) is 6.42 Å². The molecule has 0 saturated heterocycles. The average molecular weight is 347 g/mol. The number of oxime groups is 1. The molecule has 0 aliphatic heterocycles. The normalized spacial score (nSPS) is 17.7. The number of amides is 1. The molecule has 1 fully saturated rings. The van der Waals surface area contributed by atoms with Gasteiger partial charge in [0.15, 0.2) is 5.84 Å². The lowest BCUT2D eigenvalue weighted by atomic mass is 9.67. The monoisotopic (exact) mass is 345 g/mol. The summed E-state index contributed by atoms with van der Waals surface area (Å²) >= 11 is 9.18. The number of nitrogens with one attached hydrogen (secondary N) is 1. The average Bonchev–Trinajstić information content (AvgIpc) is 2.32. The smallest absolute Gasteiger partial charge is 0.238 e. The first-order valence-corrected chi connectivity index (χ1v) is 6.91. The Morgan fingerprint density at radius 2 is 2.21 bits per heavy atom. The summed E-state index contributed by atoms with van der Waals surface area (Å²) < 4.78 is 0.693. The van der Waals surface area contributed by atoms with Gasteiger partial charge in [-0.15, -0.1) is 0 Å². The Labute approximate surface area is 123 Å². The number of carbonyl (C=O) groups is 1. The second kappa shape index (κ2) is 5.38. The third-order valence-electron chi connectivity index (χ3n) is 3.42. The maximum absolute atomic E-state index is 12.3. The summed E-state index contributed by atoms with van der Waals surface area (Å²) in [5, 5.41) is 15.1. The first kappa shape index (κ1) is 14.1. The molecule has 0 bridgehead atoms. The highest BCUT2D eigenvalue weighted by atomic mass is 79.9. The highest BCUT2D eigenvalue weighted by Gasteiger charge is 2.48. The van der Waals surface area contributed by atoms with Gasteiger partial charge in [0.2, 0.25) is 5.91 Å². The predicted molar refractivity (Wildman–Crippen MR) is 77.5 cm³/mol. The second-order valence-electron chi connectivity index (χ2n) is 4.50. The molecule has 0 spiro atoms. The van der Waals surface area contributed by atoms with Crippen LogP contribution in [0.2, 0.25) is 5.02 Å².